The van der Waals surface area contributed by atoms with Gasteiger partial charge < -0.3 is 4.74 Å². The lowest BCUT2D eigenvalue weighted by Gasteiger charge is -2.15. The average molecular weight is 212 g/mol. The smallest absolute Gasteiger partial charge is 0.0861 e. The standard InChI is InChI=1S/C15H16O/c1-16-15(14-10-6-3-7-11-14)12-13-8-4-2-5-9-13/h2-11,15H,12H2,1H3/t15-/m1/s1. The molecule has 0 saturated carbocycles. The number of ether oxygens (including phenoxy) is 1. The van der Waals surface area contributed by atoms with E-state index < -0.39 is 0 Å². The molecular formula is C15H16O. The molecule has 82 valence electrons. The van der Waals surface area contributed by atoms with E-state index in [0.717, 1.165) is 6.42 Å². The Labute approximate surface area is 96.7 Å². The highest BCUT2D eigenvalue weighted by atomic mass is 16.5. The third kappa shape index (κ3) is 2.71. The van der Waals surface area contributed by atoms with Crippen LogP contribution in [0, 0.1) is 0 Å². The fraction of sp³-hybridized carbons (Fsp3) is 0.200. The molecule has 1 nitrogen and oxygen atoms in total. The summed E-state index contributed by atoms with van der Waals surface area (Å²) in [6.45, 7) is 0. The van der Waals surface area contributed by atoms with Crippen molar-refractivity contribution in [2.45, 2.75) is 12.5 Å². The van der Waals surface area contributed by atoms with Crippen LogP contribution in [-0.2, 0) is 11.2 Å². The van der Waals surface area contributed by atoms with Crippen LogP contribution in [0.5, 0.6) is 0 Å². The molecule has 16 heavy (non-hydrogen) atoms. The maximum Gasteiger partial charge on any atom is 0.0861 e. The lowest BCUT2D eigenvalue weighted by Crippen LogP contribution is -2.04. The molecule has 0 aromatic heterocycles. The Balaban J connectivity index is 2.13. The van der Waals surface area contributed by atoms with Gasteiger partial charge in [-0.2, -0.15) is 0 Å². The minimum atomic E-state index is 0.142. The molecule has 1 heteroatoms. The SMILES string of the molecule is CO[C@H](Cc1ccccc1)c1ccccc1. The van der Waals surface area contributed by atoms with Crippen molar-refractivity contribution in [1.82, 2.24) is 0 Å². The van der Waals surface area contributed by atoms with E-state index in [1.54, 1.807) is 7.11 Å². The summed E-state index contributed by atoms with van der Waals surface area (Å²) in [6.07, 6.45) is 1.06. The highest BCUT2D eigenvalue weighted by molar-refractivity contribution is 5.22. The Morgan fingerprint density at radius 3 is 2.00 bits per heavy atom. The van der Waals surface area contributed by atoms with Gasteiger partial charge in [0, 0.05) is 13.5 Å². The van der Waals surface area contributed by atoms with Crippen LogP contribution in [-0.4, -0.2) is 7.11 Å². The maximum absolute atomic E-state index is 5.54. The van der Waals surface area contributed by atoms with Crippen molar-refractivity contribution in [2.75, 3.05) is 7.11 Å². The van der Waals surface area contributed by atoms with E-state index in [0.29, 0.717) is 0 Å². The summed E-state index contributed by atoms with van der Waals surface area (Å²) < 4.78 is 5.54. The molecule has 0 N–H and O–H groups in total. The lowest BCUT2D eigenvalue weighted by molar-refractivity contribution is 0.104. The molecule has 0 radical (unpaired) electrons. The molecule has 0 bridgehead atoms. The topological polar surface area (TPSA) is 9.23 Å². The van der Waals surface area contributed by atoms with E-state index in [2.05, 4.69) is 36.4 Å². The summed E-state index contributed by atoms with van der Waals surface area (Å²) in [4.78, 5) is 0. The Kier molecular flexibility index (Phi) is 3.73. The fourth-order valence-electron chi connectivity index (χ4n) is 1.83. The molecule has 0 amide bonds. The molecule has 0 aliphatic rings. The Bertz CT molecular complexity index is 408. The van der Waals surface area contributed by atoms with Crippen LogP contribution in [0.25, 0.3) is 0 Å². The van der Waals surface area contributed by atoms with Crippen molar-refractivity contribution in [1.29, 1.82) is 0 Å². The van der Waals surface area contributed by atoms with Gasteiger partial charge in [-0.25, -0.2) is 0 Å². The van der Waals surface area contributed by atoms with Gasteiger partial charge in [-0.15, -0.1) is 0 Å². The van der Waals surface area contributed by atoms with Crippen molar-refractivity contribution < 1.29 is 4.74 Å². The summed E-state index contributed by atoms with van der Waals surface area (Å²) in [5.41, 5.74) is 2.53. The first kappa shape index (κ1) is 10.9. The zero-order valence-electron chi connectivity index (χ0n) is 9.47. The second kappa shape index (κ2) is 5.47. The van der Waals surface area contributed by atoms with Crippen molar-refractivity contribution in [3.8, 4) is 0 Å². The summed E-state index contributed by atoms with van der Waals surface area (Å²) >= 11 is 0. The average Bonchev–Trinajstić information content (AvgIpc) is 2.38. The van der Waals surface area contributed by atoms with Gasteiger partial charge in [0.1, 0.15) is 0 Å². The van der Waals surface area contributed by atoms with Crippen molar-refractivity contribution in [2.24, 2.45) is 0 Å². The highest BCUT2D eigenvalue weighted by Crippen LogP contribution is 2.21. The number of hydrogen-bond acceptors (Lipinski definition) is 1. The van der Waals surface area contributed by atoms with Gasteiger partial charge in [0.25, 0.3) is 0 Å². The van der Waals surface area contributed by atoms with Crippen molar-refractivity contribution in [3.63, 3.8) is 0 Å². The van der Waals surface area contributed by atoms with Crippen LogP contribution >= 0.6 is 0 Å². The van der Waals surface area contributed by atoms with E-state index in [1.807, 2.05) is 24.3 Å². The molecule has 0 fully saturated rings. The normalized spacial score (nSPS) is 12.3. The first-order valence-electron chi connectivity index (χ1n) is 5.52. The van der Waals surface area contributed by atoms with E-state index in [-0.39, 0.29) is 6.10 Å². The second-order valence-corrected chi connectivity index (χ2v) is 3.82. The molecule has 0 heterocycles. The van der Waals surface area contributed by atoms with Crippen LogP contribution in [0.1, 0.15) is 17.2 Å². The minimum absolute atomic E-state index is 0.142. The molecule has 0 aliphatic carbocycles. The summed E-state index contributed by atoms with van der Waals surface area (Å²) in [5, 5.41) is 0. The molecule has 1 atom stereocenters. The highest BCUT2D eigenvalue weighted by Gasteiger charge is 2.10. The number of rotatable bonds is 4. The van der Waals surface area contributed by atoms with Crippen LogP contribution in [0.2, 0.25) is 0 Å². The van der Waals surface area contributed by atoms with E-state index in [4.69, 9.17) is 4.74 Å². The third-order valence-electron chi connectivity index (χ3n) is 2.72. The molecule has 0 saturated heterocycles. The van der Waals surface area contributed by atoms with Crippen molar-refractivity contribution in [3.05, 3.63) is 71.8 Å². The predicted octanol–water partition coefficient (Wildman–Crippen LogP) is 3.62. The minimum Gasteiger partial charge on any atom is -0.376 e. The fourth-order valence-corrected chi connectivity index (χ4v) is 1.83. The van der Waals surface area contributed by atoms with Gasteiger partial charge in [0.2, 0.25) is 0 Å². The predicted molar refractivity (Wildman–Crippen MR) is 66.3 cm³/mol. The van der Waals surface area contributed by atoms with Gasteiger partial charge in [0.05, 0.1) is 6.10 Å². The monoisotopic (exact) mass is 212 g/mol. The molecule has 0 unspecified atom stereocenters. The molecule has 2 aromatic carbocycles. The Morgan fingerprint density at radius 1 is 0.875 bits per heavy atom. The molecule has 0 spiro atoms. The molecule has 2 aromatic rings. The largest absolute Gasteiger partial charge is 0.376 e. The first-order valence-corrected chi connectivity index (χ1v) is 5.52. The summed E-state index contributed by atoms with van der Waals surface area (Å²) in [5.74, 6) is 0. The summed E-state index contributed by atoms with van der Waals surface area (Å²) in [6, 6.07) is 20.8. The van der Waals surface area contributed by atoms with Crippen LogP contribution in [0.4, 0.5) is 0 Å². The number of methoxy groups -OCH3 is 1. The number of benzene rings is 2. The van der Waals surface area contributed by atoms with E-state index in [9.17, 15) is 0 Å². The quantitative estimate of drug-likeness (QED) is 0.752. The number of hydrogen-bond donors (Lipinski definition) is 0. The Morgan fingerprint density at radius 2 is 1.44 bits per heavy atom. The van der Waals surface area contributed by atoms with E-state index in [1.165, 1.54) is 11.1 Å². The van der Waals surface area contributed by atoms with Crippen LogP contribution in [0.15, 0.2) is 60.7 Å². The Hall–Kier alpha value is -1.60. The maximum atomic E-state index is 5.54. The zero-order chi connectivity index (χ0) is 11.2. The zero-order valence-corrected chi connectivity index (χ0v) is 9.47. The first-order chi connectivity index (χ1) is 7.90. The van der Waals surface area contributed by atoms with Crippen LogP contribution in [0.3, 0.4) is 0 Å². The van der Waals surface area contributed by atoms with Gasteiger partial charge in [-0.1, -0.05) is 60.7 Å². The molecule has 2 rings (SSSR count). The molecular weight excluding hydrogens is 196 g/mol. The molecule has 0 aliphatic heterocycles. The van der Waals surface area contributed by atoms with E-state index >= 15 is 0 Å². The van der Waals surface area contributed by atoms with Crippen LogP contribution < -0.4 is 0 Å². The van der Waals surface area contributed by atoms with Gasteiger partial charge >= 0.3 is 0 Å². The van der Waals surface area contributed by atoms with Gasteiger partial charge in [0.15, 0.2) is 0 Å². The van der Waals surface area contributed by atoms with Gasteiger partial charge in [-0.3, -0.25) is 0 Å². The second-order valence-electron chi connectivity index (χ2n) is 3.82. The van der Waals surface area contributed by atoms with Gasteiger partial charge in [-0.05, 0) is 11.1 Å². The van der Waals surface area contributed by atoms with Crippen molar-refractivity contribution >= 4 is 0 Å². The third-order valence-corrected chi connectivity index (χ3v) is 2.72. The summed E-state index contributed by atoms with van der Waals surface area (Å²) in [7, 11) is 1.76. The lowest BCUT2D eigenvalue weighted by atomic mass is 10.0.